The fourth-order valence-corrected chi connectivity index (χ4v) is 5.47. The fourth-order valence-electron chi connectivity index (χ4n) is 2.13. The molecule has 2 unspecified atom stereocenters. The van der Waals surface area contributed by atoms with Gasteiger partial charge in [0.2, 0.25) is 0 Å². The Hall–Kier alpha value is 0.360. The molecule has 1 N–H and O–H groups in total. The van der Waals surface area contributed by atoms with E-state index in [2.05, 4.69) is 26.1 Å². The fraction of sp³-hybridized carbons (Fsp3) is 0.833. The van der Waals surface area contributed by atoms with Crippen molar-refractivity contribution in [3.05, 3.63) is 0 Å². The van der Waals surface area contributed by atoms with Gasteiger partial charge in [0.15, 0.2) is 0 Å². The number of carbonyl (C=O) groups excluding carboxylic acids is 2. The molecule has 0 spiro atoms. The predicted octanol–water partition coefficient (Wildman–Crippen LogP) is -1.47. The molecular weight excluding hydrogens is 476 g/mol. The quantitative estimate of drug-likeness (QED) is 0.126. The third-order valence-electron chi connectivity index (χ3n) is 3.44. The van der Waals surface area contributed by atoms with E-state index in [4.69, 9.17) is 9.47 Å². The number of halogens is 2. The van der Waals surface area contributed by atoms with Crippen LogP contribution in [0.5, 0.6) is 0 Å². The van der Waals surface area contributed by atoms with Crippen LogP contribution in [0.3, 0.4) is 0 Å². The van der Waals surface area contributed by atoms with Crippen molar-refractivity contribution >= 4 is 34.5 Å². The molecule has 0 aromatic heterocycles. The monoisotopic (exact) mass is 494 g/mol. The van der Waals surface area contributed by atoms with E-state index in [0.717, 1.165) is 25.7 Å². The zero-order chi connectivity index (χ0) is 14.1. The normalized spacial score (nSPS) is 27.8. The Balaban J connectivity index is 1.75. The van der Waals surface area contributed by atoms with E-state index in [0.29, 0.717) is 0 Å². The van der Waals surface area contributed by atoms with E-state index >= 15 is 0 Å². The first-order chi connectivity index (χ1) is 8.83. The molecule has 1 heterocycles. The molecule has 0 bridgehead atoms. The van der Waals surface area contributed by atoms with Crippen LogP contribution in [-0.2, 0) is 19.1 Å². The Morgan fingerprint density at radius 2 is 2.05 bits per heavy atom. The molecule has 2 aliphatic rings. The van der Waals surface area contributed by atoms with Crippen LogP contribution in [0.1, 0.15) is 39.5 Å². The summed E-state index contributed by atoms with van der Waals surface area (Å²) in [5, 5.41) is 0. The molecule has 1 aliphatic carbocycles. The summed E-state index contributed by atoms with van der Waals surface area (Å²) in [4.78, 5) is 23.6. The van der Waals surface area contributed by atoms with E-state index in [1.165, 1.54) is 0 Å². The second-order valence-electron chi connectivity index (χ2n) is 5.36. The summed E-state index contributed by atoms with van der Waals surface area (Å²) in [7, 11) is 0. The third-order valence-corrected chi connectivity index (χ3v) is 8.18. The van der Waals surface area contributed by atoms with Crippen molar-refractivity contribution in [1.82, 2.24) is 3.53 Å². The number of esters is 2. The average Bonchev–Trinajstić information content (AvgIpc) is 3.11. The molecular formula is C12H18I2NO4-. The number of carbonyl (C=O) groups is 2. The van der Waals surface area contributed by atoms with Crippen molar-refractivity contribution in [3.8, 4) is 0 Å². The minimum atomic E-state index is -0.567. The summed E-state index contributed by atoms with van der Waals surface area (Å²) >= 11 is 2.02. The summed E-state index contributed by atoms with van der Waals surface area (Å²) in [6.07, 6.45) is 3.97. The van der Waals surface area contributed by atoms with E-state index in [-0.39, 0.29) is 43.7 Å². The minimum absolute atomic E-state index is 0.0709. The van der Waals surface area contributed by atoms with Gasteiger partial charge in [0, 0.05) is 0 Å². The van der Waals surface area contributed by atoms with Crippen LogP contribution in [0.15, 0.2) is 0 Å². The van der Waals surface area contributed by atoms with Gasteiger partial charge in [0.05, 0.1) is 0 Å². The molecule has 0 aromatic carbocycles. The summed E-state index contributed by atoms with van der Waals surface area (Å²) in [6, 6.07) is 0. The van der Waals surface area contributed by atoms with Crippen LogP contribution < -0.4 is 25.0 Å². The van der Waals surface area contributed by atoms with E-state index < -0.39 is 9.39 Å². The van der Waals surface area contributed by atoms with E-state index in [1.54, 1.807) is 0 Å². The number of ether oxygens (including phenoxy) is 2. The topological polar surface area (TPSA) is 74.5 Å². The first kappa shape index (κ1) is 15.7. The van der Waals surface area contributed by atoms with Crippen LogP contribution >= 0.6 is 22.6 Å². The van der Waals surface area contributed by atoms with Crippen LogP contribution in [0, 0.1) is 0 Å². The van der Waals surface area contributed by atoms with E-state index in [9.17, 15) is 9.59 Å². The molecule has 1 saturated heterocycles. The van der Waals surface area contributed by atoms with Gasteiger partial charge in [-0.15, -0.1) is 0 Å². The average molecular weight is 494 g/mol. The van der Waals surface area contributed by atoms with Crippen LogP contribution in [0.4, 0.5) is 0 Å². The molecule has 2 fully saturated rings. The molecule has 1 aliphatic heterocycles. The van der Waals surface area contributed by atoms with Crippen LogP contribution in [-0.4, -0.2) is 31.6 Å². The van der Waals surface area contributed by atoms with Crippen molar-refractivity contribution in [2.24, 2.45) is 0 Å². The molecule has 0 radical (unpaired) electrons. The molecule has 110 valence electrons. The summed E-state index contributed by atoms with van der Waals surface area (Å²) in [5.41, 5.74) is -0.360. The van der Waals surface area contributed by atoms with Gasteiger partial charge < -0.3 is 0 Å². The molecule has 5 nitrogen and oxygen atoms in total. The maximum absolute atomic E-state index is 11.9. The Kier molecular flexibility index (Phi) is 4.97. The molecule has 0 amide bonds. The molecule has 1 saturated carbocycles. The molecule has 7 heteroatoms. The number of rotatable bonds is 5. The first-order valence-electron chi connectivity index (χ1n) is 6.29. The SMILES string of the molecule is CC1(OC(=O)COC(=O)C(C)(I)C2N[I-]2)CCCC1. The van der Waals surface area contributed by atoms with Gasteiger partial charge >= 0.3 is 138 Å². The van der Waals surface area contributed by atoms with Gasteiger partial charge in [-0.1, -0.05) is 0 Å². The van der Waals surface area contributed by atoms with Gasteiger partial charge in [-0.2, -0.15) is 0 Å². The summed E-state index contributed by atoms with van der Waals surface area (Å²) in [6.45, 7) is 3.50. The first-order valence-corrected chi connectivity index (χ1v) is 9.70. The Labute approximate surface area is 137 Å². The zero-order valence-corrected chi connectivity index (χ0v) is 15.3. The van der Waals surface area contributed by atoms with Gasteiger partial charge in [-0.05, 0) is 0 Å². The van der Waals surface area contributed by atoms with Crippen molar-refractivity contribution in [1.29, 1.82) is 0 Å². The number of nitrogens with one attached hydrogen (secondary N) is 1. The zero-order valence-electron chi connectivity index (χ0n) is 11.0. The Bertz CT molecular complexity index is 376. The Morgan fingerprint density at radius 1 is 1.47 bits per heavy atom. The van der Waals surface area contributed by atoms with Gasteiger partial charge in [0.1, 0.15) is 0 Å². The molecule has 2 rings (SSSR count). The standard InChI is InChI=1S/C12H18I2NO4/c1-11(5-3-4-6-11)19-8(16)7-18-10(17)12(2,13)9-14-15-9/h9,15H,3-7H2,1-2H3/q-1. The Morgan fingerprint density at radius 3 is 2.58 bits per heavy atom. The van der Waals surface area contributed by atoms with Crippen LogP contribution in [0.2, 0.25) is 0 Å². The maximum atomic E-state index is 11.9. The van der Waals surface area contributed by atoms with Crippen molar-refractivity contribution in [3.63, 3.8) is 0 Å². The van der Waals surface area contributed by atoms with Crippen molar-refractivity contribution < 1.29 is 40.5 Å². The van der Waals surface area contributed by atoms with Gasteiger partial charge in [-0.25, -0.2) is 0 Å². The van der Waals surface area contributed by atoms with E-state index in [1.807, 2.05) is 13.8 Å². The van der Waals surface area contributed by atoms with Crippen LogP contribution in [0.25, 0.3) is 0 Å². The second kappa shape index (κ2) is 6.00. The second-order valence-corrected chi connectivity index (χ2v) is 10.1. The number of hydrogen-bond donors (Lipinski definition) is 1. The van der Waals surface area contributed by atoms with Gasteiger partial charge in [-0.3, -0.25) is 0 Å². The predicted molar refractivity (Wildman–Crippen MR) is 73.3 cm³/mol. The number of hydrogen-bond acceptors (Lipinski definition) is 5. The third kappa shape index (κ3) is 4.16. The van der Waals surface area contributed by atoms with Crippen molar-refractivity contribution in [2.45, 2.75) is 52.6 Å². The molecule has 2 atom stereocenters. The molecule has 0 aromatic rings. The molecule has 19 heavy (non-hydrogen) atoms. The summed E-state index contributed by atoms with van der Waals surface area (Å²) in [5.74, 6) is -0.778. The number of alkyl halides is 2. The van der Waals surface area contributed by atoms with Gasteiger partial charge in [0.25, 0.3) is 0 Å². The van der Waals surface area contributed by atoms with Crippen molar-refractivity contribution in [2.75, 3.05) is 6.61 Å². The summed E-state index contributed by atoms with van der Waals surface area (Å²) < 4.78 is 13.4.